The van der Waals surface area contributed by atoms with Crippen LogP contribution in [0.3, 0.4) is 0 Å². The Labute approximate surface area is 152 Å². The molecular formula is C18H15F3N2O4. The van der Waals surface area contributed by atoms with Gasteiger partial charge in [0.05, 0.1) is 5.56 Å². The van der Waals surface area contributed by atoms with Crippen molar-refractivity contribution in [1.29, 1.82) is 0 Å². The van der Waals surface area contributed by atoms with Crippen molar-refractivity contribution in [3.8, 4) is 11.5 Å². The number of rotatable bonds is 5. The number of amides is 2. The van der Waals surface area contributed by atoms with E-state index in [9.17, 15) is 22.8 Å². The molecule has 9 heteroatoms. The maximum atomic E-state index is 12.5. The SMILES string of the molecule is O=C(CCNC(=O)c1ccc(C(F)(F)F)cc1)Nc1ccc2c(c1)OCO2. The molecule has 0 unspecified atom stereocenters. The molecule has 0 saturated heterocycles. The molecule has 2 aromatic carbocycles. The maximum Gasteiger partial charge on any atom is 0.416 e. The summed E-state index contributed by atoms with van der Waals surface area (Å²) in [6, 6.07) is 8.80. The number of carbonyl (C=O) groups is 2. The van der Waals surface area contributed by atoms with Crippen molar-refractivity contribution in [3.05, 3.63) is 53.6 Å². The predicted octanol–water partition coefficient (Wildman–Crippen LogP) is 3.19. The van der Waals surface area contributed by atoms with Crippen molar-refractivity contribution in [2.45, 2.75) is 12.6 Å². The number of fused-ring (bicyclic) bond motifs is 1. The Morgan fingerprint density at radius 3 is 2.41 bits per heavy atom. The number of halogens is 3. The molecule has 1 heterocycles. The van der Waals surface area contributed by atoms with Crippen molar-refractivity contribution >= 4 is 17.5 Å². The molecule has 0 aliphatic carbocycles. The first-order chi connectivity index (χ1) is 12.8. The molecule has 0 atom stereocenters. The van der Waals surface area contributed by atoms with E-state index in [1.165, 1.54) is 0 Å². The summed E-state index contributed by atoms with van der Waals surface area (Å²) in [7, 11) is 0. The Morgan fingerprint density at radius 1 is 1.00 bits per heavy atom. The van der Waals surface area contributed by atoms with Gasteiger partial charge in [0.25, 0.3) is 5.91 Å². The second-order valence-corrected chi connectivity index (χ2v) is 5.70. The zero-order chi connectivity index (χ0) is 19.4. The van der Waals surface area contributed by atoms with Crippen LogP contribution in [0.1, 0.15) is 22.3 Å². The summed E-state index contributed by atoms with van der Waals surface area (Å²) >= 11 is 0. The third-order valence-electron chi connectivity index (χ3n) is 3.77. The van der Waals surface area contributed by atoms with Crippen LogP contribution in [-0.2, 0) is 11.0 Å². The summed E-state index contributed by atoms with van der Waals surface area (Å²) in [5.74, 6) is 0.237. The van der Waals surface area contributed by atoms with Gasteiger partial charge in [0.2, 0.25) is 12.7 Å². The number of benzene rings is 2. The number of alkyl halides is 3. The van der Waals surface area contributed by atoms with E-state index in [0.717, 1.165) is 24.3 Å². The van der Waals surface area contributed by atoms with Gasteiger partial charge in [-0.1, -0.05) is 0 Å². The van der Waals surface area contributed by atoms with Crippen LogP contribution in [0.2, 0.25) is 0 Å². The molecular weight excluding hydrogens is 365 g/mol. The molecule has 142 valence electrons. The molecule has 3 rings (SSSR count). The molecule has 0 saturated carbocycles. The second-order valence-electron chi connectivity index (χ2n) is 5.70. The van der Waals surface area contributed by atoms with Gasteiger partial charge in [-0.15, -0.1) is 0 Å². The Hall–Kier alpha value is -3.23. The molecule has 6 nitrogen and oxygen atoms in total. The van der Waals surface area contributed by atoms with Crippen molar-refractivity contribution in [2.75, 3.05) is 18.7 Å². The molecule has 0 bridgehead atoms. The molecule has 1 aliphatic rings. The molecule has 0 spiro atoms. The third kappa shape index (κ3) is 4.69. The number of hydrogen-bond donors (Lipinski definition) is 2. The zero-order valence-electron chi connectivity index (χ0n) is 13.9. The Morgan fingerprint density at radius 2 is 1.70 bits per heavy atom. The molecule has 2 amide bonds. The van der Waals surface area contributed by atoms with Crippen molar-refractivity contribution in [2.24, 2.45) is 0 Å². The normalized spacial score (nSPS) is 12.6. The first kappa shape index (κ1) is 18.6. The van der Waals surface area contributed by atoms with E-state index in [1.807, 2.05) is 0 Å². The van der Waals surface area contributed by atoms with Gasteiger partial charge in [-0.2, -0.15) is 13.2 Å². The number of hydrogen-bond acceptors (Lipinski definition) is 4. The van der Waals surface area contributed by atoms with Crippen LogP contribution in [0.4, 0.5) is 18.9 Å². The largest absolute Gasteiger partial charge is 0.454 e. The fraction of sp³-hybridized carbons (Fsp3) is 0.222. The highest BCUT2D eigenvalue weighted by molar-refractivity contribution is 5.95. The third-order valence-corrected chi connectivity index (χ3v) is 3.77. The summed E-state index contributed by atoms with van der Waals surface area (Å²) in [6.07, 6.45) is -4.46. The summed E-state index contributed by atoms with van der Waals surface area (Å²) in [6.45, 7) is 0.166. The van der Waals surface area contributed by atoms with Gasteiger partial charge < -0.3 is 20.1 Å². The fourth-order valence-corrected chi connectivity index (χ4v) is 2.40. The molecule has 0 aromatic heterocycles. The van der Waals surface area contributed by atoms with Gasteiger partial charge in [-0.3, -0.25) is 9.59 Å². The molecule has 1 aliphatic heterocycles. The van der Waals surface area contributed by atoms with Gasteiger partial charge in [0, 0.05) is 30.3 Å². The highest BCUT2D eigenvalue weighted by Crippen LogP contribution is 2.34. The van der Waals surface area contributed by atoms with Crippen LogP contribution in [0.15, 0.2) is 42.5 Å². The average Bonchev–Trinajstić information content (AvgIpc) is 3.08. The summed E-state index contributed by atoms with van der Waals surface area (Å²) in [4.78, 5) is 23.8. The Bertz CT molecular complexity index is 851. The first-order valence-electron chi connectivity index (χ1n) is 7.98. The van der Waals surface area contributed by atoms with Crippen LogP contribution in [0.25, 0.3) is 0 Å². The van der Waals surface area contributed by atoms with Crippen LogP contribution in [-0.4, -0.2) is 25.2 Å². The molecule has 0 fully saturated rings. The van der Waals surface area contributed by atoms with Gasteiger partial charge in [0.1, 0.15) is 0 Å². The minimum absolute atomic E-state index is 0.000810. The monoisotopic (exact) mass is 380 g/mol. The van der Waals surface area contributed by atoms with Crippen LogP contribution >= 0.6 is 0 Å². The number of anilines is 1. The maximum absolute atomic E-state index is 12.5. The van der Waals surface area contributed by atoms with E-state index >= 15 is 0 Å². The number of carbonyl (C=O) groups excluding carboxylic acids is 2. The van der Waals surface area contributed by atoms with Crippen LogP contribution in [0.5, 0.6) is 11.5 Å². The van der Waals surface area contributed by atoms with Crippen molar-refractivity contribution < 1.29 is 32.2 Å². The molecule has 2 N–H and O–H groups in total. The Balaban J connectivity index is 1.46. The van der Waals surface area contributed by atoms with Crippen LogP contribution in [0, 0.1) is 0 Å². The minimum Gasteiger partial charge on any atom is -0.454 e. The van der Waals surface area contributed by atoms with E-state index < -0.39 is 17.6 Å². The van der Waals surface area contributed by atoms with Crippen LogP contribution < -0.4 is 20.1 Å². The van der Waals surface area contributed by atoms with Gasteiger partial charge in [-0.25, -0.2) is 0 Å². The number of nitrogens with one attached hydrogen (secondary N) is 2. The highest BCUT2D eigenvalue weighted by atomic mass is 19.4. The zero-order valence-corrected chi connectivity index (χ0v) is 13.9. The van der Waals surface area contributed by atoms with Crippen molar-refractivity contribution in [1.82, 2.24) is 5.32 Å². The van der Waals surface area contributed by atoms with E-state index in [4.69, 9.17) is 9.47 Å². The smallest absolute Gasteiger partial charge is 0.416 e. The average molecular weight is 380 g/mol. The highest BCUT2D eigenvalue weighted by Gasteiger charge is 2.30. The lowest BCUT2D eigenvalue weighted by molar-refractivity contribution is -0.137. The predicted molar refractivity (Wildman–Crippen MR) is 89.6 cm³/mol. The lowest BCUT2D eigenvalue weighted by Crippen LogP contribution is -2.27. The standard InChI is InChI=1S/C18H15F3N2O4/c19-18(20,21)12-3-1-11(2-4-12)17(25)22-8-7-16(24)23-13-5-6-14-15(9-13)27-10-26-14/h1-6,9H,7-8,10H2,(H,22,25)(H,23,24). The van der Waals surface area contributed by atoms with Gasteiger partial charge in [0.15, 0.2) is 11.5 Å². The molecule has 2 aromatic rings. The van der Waals surface area contributed by atoms with E-state index in [2.05, 4.69) is 10.6 Å². The Kier molecular flexibility index (Phi) is 5.20. The fourth-order valence-electron chi connectivity index (χ4n) is 2.40. The molecule has 27 heavy (non-hydrogen) atoms. The van der Waals surface area contributed by atoms with E-state index in [1.54, 1.807) is 18.2 Å². The van der Waals surface area contributed by atoms with E-state index in [-0.39, 0.29) is 31.2 Å². The minimum atomic E-state index is -4.46. The first-order valence-corrected chi connectivity index (χ1v) is 7.98. The topological polar surface area (TPSA) is 76.7 Å². The van der Waals surface area contributed by atoms with Gasteiger partial charge in [-0.05, 0) is 36.4 Å². The summed E-state index contributed by atoms with van der Waals surface area (Å²) in [5.41, 5.74) is -0.223. The molecule has 0 radical (unpaired) electrons. The lowest BCUT2D eigenvalue weighted by Gasteiger charge is -2.09. The summed E-state index contributed by atoms with van der Waals surface area (Å²) in [5, 5.41) is 5.15. The lowest BCUT2D eigenvalue weighted by atomic mass is 10.1. The quantitative estimate of drug-likeness (QED) is 0.835. The van der Waals surface area contributed by atoms with E-state index in [0.29, 0.717) is 17.2 Å². The second kappa shape index (κ2) is 7.56. The number of ether oxygens (including phenoxy) is 2. The summed E-state index contributed by atoms with van der Waals surface area (Å²) < 4.78 is 47.9. The van der Waals surface area contributed by atoms with Crippen molar-refractivity contribution in [3.63, 3.8) is 0 Å². The van der Waals surface area contributed by atoms with Gasteiger partial charge >= 0.3 is 6.18 Å².